The second-order valence-electron chi connectivity index (χ2n) is 4.98. The van der Waals surface area contributed by atoms with E-state index in [1.54, 1.807) is 0 Å². The highest BCUT2D eigenvalue weighted by atomic mass is 35.5. The van der Waals surface area contributed by atoms with Crippen molar-refractivity contribution in [3.05, 3.63) is 34.9 Å². The lowest BCUT2D eigenvalue weighted by atomic mass is 9.82. The Bertz CT molecular complexity index is 350. The summed E-state index contributed by atoms with van der Waals surface area (Å²) in [7, 11) is 0. The Kier molecular flexibility index (Phi) is 3.03. The third-order valence-electron chi connectivity index (χ3n) is 3.38. The highest BCUT2D eigenvalue weighted by Gasteiger charge is 2.34. The number of hydrogen-bond acceptors (Lipinski definition) is 1. The van der Waals surface area contributed by atoms with Gasteiger partial charge in [-0.1, -0.05) is 36.7 Å². The van der Waals surface area contributed by atoms with E-state index < -0.39 is 0 Å². The summed E-state index contributed by atoms with van der Waals surface area (Å²) < 4.78 is 0. The Morgan fingerprint density at radius 1 is 1.47 bits per heavy atom. The molecule has 82 valence electrons. The standard InChI is InChI=1S/C13H17ClO/c1-13(7-6-11(15)9-13)8-10-4-2-3-5-12(10)14/h2-5,11,15H,6-9H2,1H3. The van der Waals surface area contributed by atoms with E-state index in [1.165, 1.54) is 5.56 Å². The molecule has 0 amide bonds. The molecule has 1 nitrogen and oxygen atoms in total. The highest BCUT2D eigenvalue weighted by Crippen LogP contribution is 2.41. The number of benzene rings is 1. The molecule has 0 spiro atoms. The van der Waals surface area contributed by atoms with Crippen molar-refractivity contribution in [1.29, 1.82) is 0 Å². The second-order valence-corrected chi connectivity index (χ2v) is 5.38. The van der Waals surface area contributed by atoms with Crippen molar-refractivity contribution in [2.75, 3.05) is 0 Å². The number of halogens is 1. The first-order valence-electron chi connectivity index (χ1n) is 5.51. The third kappa shape index (κ3) is 2.53. The lowest BCUT2D eigenvalue weighted by molar-refractivity contribution is 0.163. The van der Waals surface area contributed by atoms with Crippen LogP contribution in [0.25, 0.3) is 0 Å². The van der Waals surface area contributed by atoms with E-state index in [2.05, 4.69) is 13.0 Å². The quantitative estimate of drug-likeness (QED) is 0.816. The average molecular weight is 225 g/mol. The normalized spacial score (nSPS) is 30.7. The molecule has 1 saturated carbocycles. The first kappa shape index (κ1) is 11.0. The summed E-state index contributed by atoms with van der Waals surface area (Å²) in [5.74, 6) is 0. The van der Waals surface area contributed by atoms with Gasteiger partial charge in [0.15, 0.2) is 0 Å². The summed E-state index contributed by atoms with van der Waals surface area (Å²) >= 11 is 6.14. The molecule has 15 heavy (non-hydrogen) atoms. The van der Waals surface area contributed by atoms with E-state index in [0.717, 1.165) is 30.7 Å². The van der Waals surface area contributed by atoms with Gasteiger partial charge in [-0.15, -0.1) is 0 Å². The predicted octanol–water partition coefficient (Wildman–Crippen LogP) is 3.43. The highest BCUT2D eigenvalue weighted by molar-refractivity contribution is 6.31. The molecule has 1 aromatic carbocycles. The SMILES string of the molecule is CC1(Cc2ccccc2Cl)CCC(O)C1. The van der Waals surface area contributed by atoms with Crippen molar-refractivity contribution >= 4 is 11.6 Å². The third-order valence-corrected chi connectivity index (χ3v) is 3.75. The van der Waals surface area contributed by atoms with Crippen molar-refractivity contribution in [3.8, 4) is 0 Å². The number of rotatable bonds is 2. The molecule has 0 saturated heterocycles. The van der Waals surface area contributed by atoms with Crippen molar-refractivity contribution in [1.82, 2.24) is 0 Å². The van der Waals surface area contributed by atoms with Crippen molar-refractivity contribution < 1.29 is 5.11 Å². The van der Waals surface area contributed by atoms with Gasteiger partial charge in [0, 0.05) is 5.02 Å². The van der Waals surface area contributed by atoms with Crippen LogP contribution in [0.4, 0.5) is 0 Å². The molecule has 1 aliphatic carbocycles. The van der Waals surface area contributed by atoms with Gasteiger partial charge in [0.25, 0.3) is 0 Å². The van der Waals surface area contributed by atoms with Gasteiger partial charge < -0.3 is 5.11 Å². The van der Waals surface area contributed by atoms with Gasteiger partial charge in [0.1, 0.15) is 0 Å². The van der Waals surface area contributed by atoms with Gasteiger partial charge in [-0.2, -0.15) is 0 Å². The molecule has 1 N–H and O–H groups in total. The maximum Gasteiger partial charge on any atom is 0.0545 e. The lowest BCUT2D eigenvalue weighted by Crippen LogP contribution is -2.16. The molecule has 1 aromatic rings. The van der Waals surface area contributed by atoms with Crippen LogP contribution in [-0.2, 0) is 6.42 Å². The van der Waals surface area contributed by atoms with Crippen molar-refractivity contribution in [2.45, 2.75) is 38.7 Å². The van der Waals surface area contributed by atoms with Crippen LogP contribution >= 0.6 is 11.6 Å². The van der Waals surface area contributed by atoms with E-state index in [0.29, 0.717) is 0 Å². The van der Waals surface area contributed by atoms with Crippen LogP contribution in [0.3, 0.4) is 0 Å². The minimum Gasteiger partial charge on any atom is -0.393 e. The van der Waals surface area contributed by atoms with E-state index >= 15 is 0 Å². The molecule has 1 aliphatic rings. The molecule has 0 heterocycles. The number of hydrogen-bond donors (Lipinski definition) is 1. The maximum atomic E-state index is 9.58. The minimum absolute atomic E-state index is 0.113. The Hall–Kier alpha value is -0.530. The number of aliphatic hydroxyl groups excluding tert-OH is 1. The minimum atomic E-state index is -0.113. The maximum absolute atomic E-state index is 9.58. The summed E-state index contributed by atoms with van der Waals surface area (Å²) in [6.45, 7) is 2.24. The van der Waals surface area contributed by atoms with Gasteiger partial charge in [0.2, 0.25) is 0 Å². The van der Waals surface area contributed by atoms with Gasteiger partial charge in [-0.05, 0) is 42.7 Å². The fraction of sp³-hybridized carbons (Fsp3) is 0.538. The summed E-state index contributed by atoms with van der Waals surface area (Å²) in [4.78, 5) is 0. The van der Waals surface area contributed by atoms with Gasteiger partial charge in [-0.3, -0.25) is 0 Å². The molecule has 2 rings (SSSR count). The molecule has 0 bridgehead atoms. The molecule has 2 unspecified atom stereocenters. The fourth-order valence-electron chi connectivity index (χ4n) is 2.55. The Morgan fingerprint density at radius 2 is 2.20 bits per heavy atom. The second kappa shape index (κ2) is 4.15. The van der Waals surface area contributed by atoms with Crippen LogP contribution in [-0.4, -0.2) is 11.2 Å². The Morgan fingerprint density at radius 3 is 2.80 bits per heavy atom. The van der Waals surface area contributed by atoms with Crippen LogP contribution < -0.4 is 0 Å². The van der Waals surface area contributed by atoms with Crippen LogP contribution in [0.15, 0.2) is 24.3 Å². The van der Waals surface area contributed by atoms with E-state index in [9.17, 15) is 5.11 Å². The summed E-state index contributed by atoms with van der Waals surface area (Å²) in [5.41, 5.74) is 1.43. The van der Waals surface area contributed by atoms with Crippen LogP contribution in [0.2, 0.25) is 5.02 Å². The zero-order chi connectivity index (χ0) is 10.9. The summed E-state index contributed by atoms with van der Waals surface area (Å²) in [6, 6.07) is 8.00. The summed E-state index contributed by atoms with van der Waals surface area (Å²) in [6.07, 6.45) is 3.79. The Labute approximate surface area is 96.1 Å². The summed E-state index contributed by atoms with van der Waals surface area (Å²) in [5, 5.41) is 10.4. The van der Waals surface area contributed by atoms with Crippen LogP contribution in [0.5, 0.6) is 0 Å². The molecule has 0 aromatic heterocycles. The molecule has 2 atom stereocenters. The predicted molar refractivity (Wildman–Crippen MR) is 63.1 cm³/mol. The molecule has 0 radical (unpaired) electrons. The Balaban J connectivity index is 2.12. The van der Waals surface area contributed by atoms with Crippen LogP contribution in [0.1, 0.15) is 31.7 Å². The van der Waals surface area contributed by atoms with Gasteiger partial charge >= 0.3 is 0 Å². The van der Waals surface area contributed by atoms with Crippen molar-refractivity contribution in [2.24, 2.45) is 5.41 Å². The van der Waals surface area contributed by atoms with E-state index in [-0.39, 0.29) is 11.5 Å². The zero-order valence-corrected chi connectivity index (χ0v) is 9.80. The average Bonchev–Trinajstić information content (AvgIpc) is 2.51. The molecular formula is C13H17ClO. The smallest absolute Gasteiger partial charge is 0.0545 e. The van der Waals surface area contributed by atoms with E-state index in [1.807, 2.05) is 18.2 Å². The first-order chi connectivity index (χ1) is 7.09. The lowest BCUT2D eigenvalue weighted by Gasteiger charge is -2.24. The van der Waals surface area contributed by atoms with Crippen LogP contribution in [0, 0.1) is 5.41 Å². The molecule has 1 fully saturated rings. The molecule has 0 aliphatic heterocycles. The first-order valence-corrected chi connectivity index (χ1v) is 5.88. The largest absolute Gasteiger partial charge is 0.393 e. The molecule has 2 heteroatoms. The van der Waals surface area contributed by atoms with E-state index in [4.69, 9.17) is 11.6 Å². The number of aliphatic hydroxyl groups is 1. The van der Waals surface area contributed by atoms with Gasteiger partial charge in [-0.25, -0.2) is 0 Å². The van der Waals surface area contributed by atoms with Crippen molar-refractivity contribution in [3.63, 3.8) is 0 Å². The fourth-order valence-corrected chi connectivity index (χ4v) is 2.75. The zero-order valence-electron chi connectivity index (χ0n) is 9.04. The van der Waals surface area contributed by atoms with Gasteiger partial charge in [0.05, 0.1) is 6.10 Å². The monoisotopic (exact) mass is 224 g/mol. The molecular weight excluding hydrogens is 208 g/mol. The topological polar surface area (TPSA) is 20.2 Å².